The van der Waals surface area contributed by atoms with E-state index in [1.807, 2.05) is 6.07 Å². The number of carbonyl (C=O) groups is 3. The van der Waals surface area contributed by atoms with Gasteiger partial charge in [0.05, 0.1) is 17.1 Å². The van der Waals surface area contributed by atoms with E-state index in [9.17, 15) is 22.8 Å². The van der Waals surface area contributed by atoms with Crippen LogP contribution in [0.2, 0.25) is 0 Å². The van der Waals surface area contributed by atoms with Crippen LogP contribution in [0.15, 0.2) is 54.6 Å². The Morgan fingerprint density at radius 2 is 1.55 bits per heavy atom. The van der Waals surface area contributed by atoms with E-state index in [0.717, 1.165) is 0 Å². The fourth-order valence-corrected chi connectivity index (χ4v) is 4.70. The Morgan fingerprint density at radius 1 is 0.966 bits per heavy atom. The van der Waals surface area contributed by atoms with Crippen LogP contribution in [0, 0.1) is 0 Å². The third-order valence-corrected chi connectivity index (χ3v) is 6.42. The third-order valence-electron chi connectivity index (χ3n) is 4.65. The van der Waals surface area contributed by atoms with E-state index in [1.54, 1.807) is 24.3 Å². The van der Waals surface area contributed by atoms with Crippen molar-refractivity contribution in [1.82, 2.24) is 5.32 Å². The first-order valence-electron chi connectivity index (χ1n) is 9.17. The van der Waals surface area contributed by atoms with Gasteiger partial charge in [0.25, 0.3) is 5.91 Å². The van der Waals surface area contributed by atoms with Gasteiger partial charge in [-0.05, 0) is 25.5 Å². The van der Waals surface area contributed by atoms with Crippen LogP contribution in [0.5, 0.6) is 0 Å². The molecule has 0 aliphatic carbocycles. The minimum Gasteiger partial charge on any atom is -0.449 e. The van der Waals surface area contributed by atoms with Crippen LogP contribution in [0.3, 0.4) is 0 Å². The lowest BCUT2D eigenvalue weighted by atomic mass is 10.0. The number of benzene rings is 2. The molecule has 1 aliphatic rings. The Morgan fingerprint density at radius 3 is 2.14 bits per heavy atom. The molecule has 0 bridgehead atoms. The standard InChI is InChI=1S/C21H21NO6S/c1-14(20(24)22-18-11-12-29(26,27)13-18)28-21(25)17-9-7-16(8-10-17)19(23)15-5-3-2-4-6-15/h2-10,14,18H,11-13H2,1H3,(H,22,24). The third kappa shape index (κ3) is 5.29. The smallest absolute Gasteiger partial charge is 0.338 e. The van der Waals surface area contributed by atoms with Gasteiger partial charge in [0, 0.05) is 17.2 Å². The summed E-state index contributed by atoms with van der Waals surface area (Å²) in [5, 5.41) is 2.59. The van der Waals surface area contributed by atoms with Crippen molar-refractivity contribution in [3.05, 3.63) is 71.3 Å². The molecule has 3 rings (SSSR count). The molecule has 8 heteroatoms. The van der Waals surface area contributed by atoms with Gasteiger partial charge in [-0.25, -0.2) is 13.2 Å². The molecule has 1 N–H and O–H groups in total. The number of hydrogen-bond acceptors (Lipinski definition) is 6. The second-order valence-electron chi connectivity index (χ2n) is 6.93. The number of rotatable bonds is 6. The van der Waals surface area contributed by atoms with Crippen LogP contribution < -0.4 is 5.32 Å². The Bertz CT molecular complexity index is 1010. The Hall–Kier alpha value is -3.00. The zero-order chi connectivity index (χ0) is 21.0. The number of ether oxygens (including phenoxy) is 1. The molecule has 1 aliphatic heterocycles. The van der Waals surface area contributed by atoms with Crippen molar-refractivity contribution >= 4 is 27.5 Å². The molecule has 1 fully saturated rings. The Balaban J connectivity index is 1.57. The highest BCUT2D eigenvalue weighted by atomic mass is 32.2. The van der Waals surface area contributed by atoms with Crippen molar-refractivity contribution in [2.45, 2.75) is 25.5 Å². The summed E-state index contributed by atoms with van der Waals surface area (Å²) in [6.07, 6.45) is -0.720. The van der Waals surface area contributed by atoms with Crippen molar-refractivity contribution in [2.24, 2.45) is 0 Å². The summed E-state index contributed by atoms with van der Waals surface area (Å²) >= 11 is 0. The van der Waals surface area contributed by atoms with Gasteiger partial charge in [-0.3, -0.25) is 9.59 Å². The zero-order valence-electron chi connectivity index (χ0n) is 15.8. The van der Waals surface area contributed by atoms with Crippen molar-refractivity contribution in [1.29, 1.82) is 0 Å². The maximum Gasteiger partial charge on any atom is 0.338 e. The molecule has 1 amide bonds. The zero-order valence-corrected chi connectivity index (χ0v) is 16.6. The monoisotopic (exact) mass is 415 g/mol. The highest BCUT2D eigenvalue weighted by molar-refractivity contribution is 7.91. The van der Waals surface area contributed by atoms with Crippen LogP contribution in [-0.4, -0.2) is 49.7 Å². The molecular weight excluding hydrogens is 394 g/mol. The summed E-state index contributed by atoms with van der Waals surface area (Å²) in [7, 11) is -3.11. The van der Waals surface area contributed by atoms with Crippen molar-refractivity contribution < 1.29 is 27.5 Å². The van der Waals surface area contributed by atoms with Gasteiger partial charge in [0.15, 0.2) is 21.7 Å². The molecule has 0 spiro atoms. The first-order valence-corrected chi connectivity index (χ1v) is 11.0. The lowest BCUT2D eigenvalue weighted by Gasteiger charge is -2.16. The van der Waals surface area contributed by atoms with Crippen LogP contribution in [0.25, 0.3) is 0 Å². The highest BCUT2D eigenvalue weighted by Crippen LogP contribution is 2.14. The molecule has 7 nitrogen and oxygen atoms in total. The van der Waals surface area contributed by atoms with Crippen LogP contribution >= 0.6 is 0 Å². The number of amides is 1. The molecule has 0 aromatic heterocycles. The second kappa shape index (κ2) is 8.57. The first-order chi connectivity index (χ1) is 13.7. The fraction of sp³-hybridized carbons (Fsp3) is 0.286. The summed E-state index contributed by atoms with van der Waals surface area (Å²) in [6.45, 7) is 1.42. The molecule has 2 aromatic rings. The Kier molecular flexibility index (Phi) is 6.12. The average Bonchev–Trinajstić information content (AvgIpc) is 3.06. The largest absolute Gasteiger partial charge is 0.449 e. The van der Waals surface area contributed by atoms with Gasteiger partial charge in [0.1, 0.15) is 0 Å². The molecule has 2 atom stereocenters. The number of carbonyl (C=O) groups excluding carboxylic acids is 3. The van der Waals surface area contributed by atoms with Gasteiger partial charge in [0.2, 0.25) is 0 Å². The van der Waals surface area contributed by atoms with E-state index in [2.05, 4.69) is 5.32 Å². The van der Waals surface area contributed by atoms with E-state index >= 15 is 0 Å². The molecule has 2 aromatic carbocycles. The minimum absolute atomic E-state index is 0.0418. The van der Waals surface area contributed by atoms with Gasteiger partial charge >= 0.3 is 5.97 Å². The topological polar surface area (TPSA) is 107 Å². The van der Waals surface area contributed by atoms with Crippen LogP contribution in [0.4, 0.5) is 0 Å². The van der Waals surface area contributed by atoms with Crippen LogP contribution in [0.1, 0.15) is 39.6 Å². The lowest BCUT2D eigenvalue weighted by molar-refractivity contribution is -0.129. The minimum atomic E-state index is -3.11. The molecule has 2 unspecified atom stereocenters. The van der Waals surface area contributed by atoms with Crippen LogP contribution in [-0.2, 0) is 19.4 Å². The Labute approximate surface area is 169 Å². The summed E-state index contributed by atoms with van der Waals surface area (Å²) in [6, 6.07) is 14.3. The normalized spacial score (nSPS) is 18.6. The van der Waals surface area contributed by atoms with Gasteiger partial charge in [-0.2, -0.15) is 0 Å². The quantitative estimate of drug-likeness (QED) is 0.569. The highest BCUT2D eigenvalue weighted by Gasteiger charge is 2.30. The van der Waals surface area contributed by atoms with E-state index < -0.39 is 33.9 Å². The molecule has 0 radical (unpaired) electrons. The van der Waals surface area contributed by atoms with E-state index in [1.165, 1.54) is 31.2 Å². The number of hydrogen-bond donors (Lipinski definition) is 1. The van der Waals surface area contributed by atoms with Gasteiger partial charge < -0.3 is 10.1 Å². The van der Waals surface area contributed by atoms with Gasteiger partial charge in [-0.1, -0.05) is 42.5 Å². The number of ketones is 1. The molecule has 29 heavy (non-hydrogen) atoms. The van der Waals surface area contributed by atoms with E-state index in [4.69, 9.17) is 4.74 Å². The molecule has 152 valence electrons. The summed E-state index contributed by atoms with van der Waals surface area (Å²) < 4.78 is 28.1. The summed E-state index contributed by atoms with van der Waals surface area (Å²) in [5.74, 6) is -1.47. The average molecular weight is 415 g/mol. The number of esters is 1. The summed E-state index contributed by atoms with van der Waals surface area (Å²) in [4.78, 5) is 36.8. The summed E-state index contributed by atoms with van der Waals surface area (Å²) in [5.41, 5.74) is 1.18. The SMILES string of the molecule is CC(OC(=O)c1ccc(C(=O)c2ccccc2)cc1)C(=O)NC1CCS(=O)(=O)C1. The van der Waals surface area contributed by atoms with Gasteiger partial charge in [-0.15, -0.1) is 0 Å². The second-order valence-corrected chi connectivity index (χ2v) is 9.16. The first kappa shape index (κ1) is 20.7. The predicted molar refractivity (Wildman–Crippen MR) is 106 cm³/mol. The molecule has 1 saturated heterocycles. The van der Waals surface area contributed by atoms with E-state index in [0.29, 0.717) is 17.5 Å². The molecular formula is C21H21NO6S. The van der Waals surface area contributed by atoms with Crippen molar-refractivity contribution in [3.63, 3.8) is 0 Å². The molecule has 0 saturated carbocycles. The maximum atomic E-state index is 12.4. The maximum absolute atomic E-state index is 12.4. The lowest BCUT2D eigenvalue weighted by Crippen LogP contribution is -2.42. The molecule has 1 heterocycles. The van der Waals surface area contributed by atoms with Crippen molar-refractivity contribution in [3.8, 4) is 0 Å². The predicted octanol–water partition coefficient (Wildman–Crippen LogP) is 1.77. The van der Waals surface area contributed by atoms with Crippen molar-refractivity contribution in [2.75, 3.05) is 11.5 Å². The number of nitrogens with one attached hydrogen (secondary N) is 1. The fourth-order valence-electron chi connectivity index (χ4n) is 3.02. The number of sulfone groups is 1. The van der Waals surface area contributed by atoms with E-state index in [-0.39, 0.29) is 22.9 Å².